The van der Waals surface area contributed by atoms with E-state index in [1.807, 2.05) is 25.8 Å². The number of nitrogens with zero attached hydrogens (tertiary/aromatic N) is 2. The van der Waals surface area contributed by atoms with Gasteiger partial charge in [0.15, 0.2) is 6.23 Å². The Morgan fingerprint density at radius 1 is 1.31 bits per heavy atom. The van der Waals surface area contributed by atoms with E-state index in [4.69, 9.17) is 21.1 Å². The van der Waals surface area contributed by atoms with Crippen LogP contribution in [0.3, 0.4) is 0 Å². The number of hydrogen-bond donors (Lipinski definition) is 1. The topological polar surface area (TPSA) is 71.1 Å². The van der Waals surface area contributed by atoms with E-state index in [9.17, 15) is 14.0 Å². The van der Waals surface area contributed by atoms with Crippen molar-refractivity contribution in [1.29, 1.82) is 0 Å². The van der Waals surface area contributed by atoms with Gasteiger partial charge in [0.05, 0.1) is 12.1 Å². The summed E-state index contributed by atoms with van der Waals surface area (Å²) in [4.78, 5) is 28.5. The number of likely N-dealkylation sites (N-methyl/N-ethyl adjacent to an activating group) is 1. The number of likely N-dealkylation sites (tertiary alicyclic amines) is 1. The summed E-state index contributed by atoms with van der Waals surface area (Å²) in [6, 6.07) is 4.75. The molecule has 1 aromatic carbocycles. The van der Waals surface area contributed by atoms with Crippen molar-refractivity contribution < 1.29 is 23.5 Å². The number of fused-ring (bicyclic) bond motifs is 1. The van der Waals surface area contributed by atoms with Crippen LogP contribution in [0.4, 0.5) is 4.39 Å². The molecule has 2 heterocycles. The number of halogens is 2. The molecule has 1 N–H and O–H groups in total. The van der Waals surface area contributed by atoms with Crippen LogP contribution in [0.2, 0.25) is 5.02 Å². The summed E-state index contributed by atoms with van der Waals surface area (Å²) in [5.74, 6) is 0.0725. The van der Waals surface area contributed by atoms with Gasteiger partial charge < -0.3 is 24.5 Å². The summed E-state index contributed by atoms with van der Waals surface area (Å²) in [5, 5.41) is 3.12. The van der Waals surface area contributed by atoms with Gasteiger partial charge in [-0.25, -0.2) is 4.39 Å². The SMILES string of the molecule is COC1=C2CN(Cc3ccc(F)c(Cl)c3)CCC2=C(C(=O)NCCCC(C)(C)C=O)N(C)C1OC. The van der Waals surface area contributed by atoms with Crippen LogP contribution in [0, 0.1) is 11.2 Å². The molecule has 35 heavy (non-hydrogen) atoms. The lowest BCUT2D eigenvalue weighted by Gasteiger charge is -2.42. The Kier molecular flexibility index (Phi) is 8.96. The molecule has 0 radical (unpaired) electrons. The molecule has 1 aromatic rings. The lowest BCUT2D eigenvalue weighted by atomic mass is 9.89. The van der Waals surface area contributed by atoms with Gasteiger partial charge in [-0.3, -0.25) is 9.69 Å². The first-order valence-corrected chi connectivity index (χ1v) is 12.2. The third-order valence-electron chi connectivity index (χ3n) is 6.59. The Balaban J connectivity index is 1.81. The molecule has 1 fully saturated rings. The molecule has 1 saturated heterocycles. The molecule has 192 valence electrons. The Morgan fingerprint density at radius 2 is 2.06 bits per heavy atom. The smallest absolute Gasteiger partial charge is 0.267 e. The number of amides is 1. The molecule has 2 aliphatic heterocycles. The van der Waals surface area contributed by atoms with Crippen LogP contribution in [0.5, 0.6) is 0 Å². The van der Waals surface area contributed by atoms with Crippen molar-refractivity contribution >= 4 is 23.8 Å². The van der Waals surface area contributed by atoms with Crippen molar-refractivity contribution in [2.75, 3.05) is 40.9 Å². The maximum Gasteiger partial charge on any atom is 0.267 e. The Bertz CT molecular complexity index is 1020. The Hall–Kier alpha value is -2.42. The fraction of sp³-hybridized carbons (Fsp3) is 0.538. The molecule has 3 rings (SSSR count). The molecule has 0 aliphatic carbocycles. The fourth-order valence-corrected chi connectivity index (χ4v) is 4.87. The second-order valence-corrected chi connectivity index (χ2v) is 10.2. The zero-order valence-corrected chi connectivity index (χ0v) is 21.9. The van der Waals surface area contributed by atoms with E-state index in [2.05, 4.69) is 10.2 Å². The van der Waals surface area contributed by atoms with E-state index in [0.717, 1.165) is 29.5 Å². The standard InChI is InChI=1S/C26H35ClFN3O4/c1-26(2,16-32)10-6-11-29-24(33)22-18-9-12-31(14-17-7-8-21(28)20(27)13-17)15-19(18)23(34-4)25(35-5)30(22)3/h7-8,13,16,25H,6,9-12,14-15H2,1-5H3,(H,29,33). The highest BCUT2D eigenvalue weighted by Gasteiger charge is 2.39. The Morgan fingerprint density at radius 3 is 2.69 bits per heavy atom. The first-order chi connectivity index (χ1) is 16.6. The van der Waals surface area contributed by atoms with Crippen molar-refractivity contribution in [3.8, 4) is 0 Å². The summed E-state index contributed by atoms with van der Waals surface area (Å²) < 4.78 is 25.1. The predicted octanol–water partition coefficient (Wildman–Crippen LogP) is 3.88. The maximum atomic E-state index is 13.6. The average Bonchev–Trinajstić information content (AvgIpc) is 2.83. The van der Waals surface area contributed by atoms with E-state index in [1.54, 1.807) is 26.4 Å². The molecule has 0 saturated carbocycles. The average molecular weight is 508 g/mol. The second kappa shape index (κ2) is 11.5. The number of aldehydes is 1. The molecular formula is C26H35ClFN3O4. The summed E-state index contributed by atoms with van der Waals surface area (Å²) >= 11 is 5.97. The largest absolute Gasteiger partial charge is 0.496 e. The number of rotatable bonds is 10. The quantitative estimate of drug-likeness (QED) is 0.383. The third-order valence-corrected chi connectivity index (χ3v) is 6.88. The Labute approximate surface area is 211 Å². The maximum absolute atomic E-state index is 13.6. The van der Waals surface area contributed by atoms with Gasteiger partial charge in [0.1, 0.15) is 23.6 Å². The van der Waals surface area contributed by atoms with Gasteiger partial charge in [-0.15, -0.1) is 0 Å². The second-order valence-electron chi connectivity index (χ2n) is 9.75. The molecule has 1 atom stereocenters. The predicted molar refractivity (Wildman–Crippen MR) is 133 cm³/mol. The number of benzene rings is 1. The minimum atomic E-state index is -0.534. The lowest BCUT2D eigenvalue weighted by molar-refractivity contribution is -0.121. The van der Waals surface area contributed by atoms with E-state index < -0.39 is 17.5 Å². The van der Waals surface area contributed by atoms with Gasteiger partial charge in [-0.1, -0.05) is 31.5 Å². The van der Waals surface area contributed by atoms with Gasteiger partial charge >= 0.3 is 0 Å². The van der Waals surface area contributed by atoms with Crippen LogP contribution >= 0.6 is 11.6 Å². The van der Waals surface area contributed by atoms with Gasteiger partial charge in [0.25, 0.3) is 5.91 Å². The highest BCUT2D eigenvalue weighted by Crippen LogP contribution is 2.37. The molecule has 1 amide bonds. The molecule has 1 unspecified atom stereocenters. The number of carbonyl (C=O) groups is 2. The number of ether oxygens (including phenoxy) is 2. The highest BCUT2D eigenvalue weighted by atomic mass is 35.5. The molecular weight excluding hydrogens is 473 g/mol. The molecule has 9 heteroatoms. The summed E-state index contributed by atoms with van der Waals surface area (Å²) in [6.07, 6.45) is 2.47. The number of carbonyl (C=O) groups excluding carboxylic acids is 2. The third kappa shape index (κ3) is 6.23. The zero-order valence-electron chi connectivity index (χ0n) is 21.1. The molecule has 0 bridgehead atoms. The van der Waals surface area contributed by atoms with Gasteiger partial charge in [-0.2, -0.15) is 0 Å². The summed E-state index contributed by atoms with van der Waals surface area (Å²) in [7, 11) is 5.02. The fourth-order valence-electron chi connectivity index (χ4n) is 4.67. The molecule has 0 spiro atoms. The summed E-state index contributed by atoms with van der Waals surface area (Å²) in [5.41, 5.74) is 2.96. The van der Waals surface area contributed by atoms with Gasteiger partial charge in [0.2, 0.25) is 0 Å². The normalized spacial score (nSPS) is 19.1. The first kappa shape index (κ1) is 27.2. The van der Waals surface area contributed by atoms with Crippen molar-refractivity contribution in [2.45, 2.75) is 45.9 Å². The number of nitrogens with one attached hydrogen (secondary N) is 1. The minimum Gasteiger partial charge on any atom is -0.496 e. The molecule has 7 nitrogen and oxygen atoms in total. The van der Waals surface area contributed by atoms with Gasteiger partial charge in [0, 0.05) is 51.3 Å². The van der Waals surface area contributed by atoms with Crippen molar-refractivity contribution in [1.82, 2.24) is 15.1 Å². The number of piperidine rings is 1. The van der Waals surface area contributed by atoms with E-state index >= 15 is 0 Å². The van der Waals surface area contributed by atoms with Crippen LogP contribution in [-0.4, -0.2) is 69.1 Å². The van der Waals surface area contributed by atoms with Crippen LogP contribution < -0.4 is 5.32 Å². The first-order valence-electron chi connectivity index (χ1n) is 11.8. The zero-order chi connectivity index (χ0) is 25.8. The van der Waals surface area contributed by atoms with Crippen molar-refractivity contribution in [3.05, 3.63) is 57.2 Å². The van der Waals surface area contributed by atoms with Crippen molar-refractivity contribution in [2.24, 2.45) is 5.41 Å². The lowest BCUT2D eigenvalue weighted by Crippen LogP contribution is -2.48. The molecule has 2 aliphatic rings. The highest BCUT2D eigenvalue weighted by molar-refractivity contribution is 6.30. The number of hydrogen-bond acceptors (Lipinski definition) is 6. The monoisotopic (exact) mass is 507 g/mol. The van der Waals surface area contributed by atoms with Gasteiger partial charge in [-0.05, 0) is 42.5 Å². The number of methoxy groups -OCH3 is 2. The minimum absolute atomic E-state index is 0.103. The van der Waals surface area contributed by atoms with Crippen molar-refractivity contribution in [3.63, 3.8) is 0 Å². The van der Waals surface area contributed by atoms with Crippen LogP contribution in [0.1, 0.15) is 38.7 Å². The van der Waals surface area contributed by atoms with Crippen LogP contribution in [0.25, 0.3) is 0 Å². The van der Waals surface area contributed by atoms with E-state index in [0.29, 0.717) is 50.4 Å². The van der Waals surface area contributed by atoms with Crippen LogP contribution in [0.15, 0.2) is 40.8 Å². The summed E-state index contributed by atoms with van der Waals surface area (Å²) in [6.45, 7) is 6.14. The molecule has 0 aromatic heterocycles. The van der Waals surface area contributed by atoms with Crippen LogP contribution in [-0.2, 0) is 25.6 Å². The van der Waals surface area contributed by atoms with E-state index in [1.165, 1.54) is 6.07 Å². The van der Waals surface area contributed by atoms with E-state index in [-0.39, 0.29) is 10.9 Å².